The summed E-state index contributed by atoms with van der Waals surface area (Å²) in [5, 5.41) is 2.58. The Morgan fingerprint density at radius 1 is 1.41 bits per heavy atom. The second-order valence-corrected chi connectivity index (χ2v) is 6.01. The Labute approximate surface area is 129 Å². The van der Waals surface area contributed by atoms with Gasteiger partial charge >= 0.3 is 0 Å². The van der Waals surface area contributed by atoms with Gasteiger partial charge in [-0.15, -0.1) is 0 Å². The van der Waals surface area contributed by atoms with Crippen LogP contribution in [-0.2, 0) is 20.7 Å². The van der Waals surface area contributed by atoms with Crippen molar-refractivity contribution >= 4 is 11.8 Å². The zero-order valence-corrected chi connectivity index (χ0v) is 12.9. The quantitative estimate of drug-likeness (QED) is 0.907. The van der Waals surface area contributed by atoms with Crippen LogP contribution in [-0.4, -0.2) is 48.6 Å². The van der Waals surface area contributed by atoms with Crippen LogP contribution in [0.5, 0.6) is 0 Å². The highest BCUT2D eigenvalue weighted by atomic mass is 19.1. The Morgan fingerprint density at radius 3 is 2.86 bits per heavy atom. The number of benzene rings is 1. The number of hydrogen-bond donors (Lipinski definition) is 1. The van der Waals surface area contributed by atoms with E-state index >= 15 is 0 Å². The molecule has 1 aromatic rings. The van der Waals surface area contributed by atoms with E-state index in [-0.39, 0.29) is 36.2 Å². The molecule has 1 aliphatic heterocycles. The van der Waals surface area contributed by atoms with Gasteiger partial charge in [-0.25, -0.2) is 4.39 Å². The minimum atomic E-state index is -0.378. The van der Waals surface area contributed by atoms with Crippen molar-refractivity contribution in [3.63, 3.8) is 0 Å². The van der Waals surface area contributed by atoms with Gasteiger partial charge in [-0.2, -0.15) is 0 Å². The Bertz CT molecular complexity index is 560. The van der Waals surface area contributed by atoms with E-state index in [1.807, 2.05) is 13.8 Å². The summed E-state index contributed by atoms with van der Waals surface area (Å²) in [7, 11) is 0. The SMILES string of the molecule is CC1(C)CN(C(=O)CNC(=O)Cc2cccc(F)c2)CCO1. The van der Waals surface area contributed by atoms with E-state index in [1.54, 1.807) is 17.0 Å². The maximum atomic E-state index is 13.0. The molecule has 2 rings (SSSR count). The fraction of sp³-hybridized carbons (Fsp3) is 0.500. The lowest BCUT2D eigenvalue weighted by Crippen LogP contribution is -2.52. The number of carbonyl (C=O) groups excluding carboxylic acids is 2. The van der Waals surface area contributed by atoms with Crippen LogP contribution < -0.4 is 5.32 Å². The summed E-state index contributed by atoms with van der Waals surface area (Å²) < 4.78 is 18.6. The highest BCUT2D eigenvalue weighted by Crippen LogP contribution is 2.16. The second kappa shape index (κ2) is 6.87. The van der Waals surface area contributed by atoms with Gasteiger partial charge in [0.1, 0.15) is 5.82 Å². The van der Waals surface area contributed by atoms with Crippen molar-refractivity contribution in [2.45, 2.75) is 25.9 Å². The second-order valence-electron chi connectivity index (χ2n) is 6.01. The van der Waals surface area contributed by atoms with Crippen molar-refractivity contribution < 1.29 is 18.7 Å². The molecule has 5 nitrogen and oxygen atoms in total. The first kappa shape index (κ1) is 16.4. The summed E-state index contributed by atoms with van der Waals surface area (Å²) >= 11 is 0. The van der Waals surface area contributed by atoms with Gasteiger partial charge in [0.2, 0.25) is 11.8 Å². The van der Waals surface area contributed by atoms with Gasteiger partial charge in [0.05, 0.1) is 25.2 Å². The molecule has 0 radical (unpaired) electrons. The number of rotatable bonds is 4. The number of nitrogens with one attached hydrogen (secondary N) is 1. The molecule has 0 saturated carbocycles. The standard InChI is InChI=1S/C16H21FN2O3/c1-16(2)11-19(6-7-22-16)15(21)10-18-14(20)9-12-4-3-5-13(17)8-12/h3-5,8H,6-7,9-11H2,1-2H3,(H,18,20). The zero-order valence-electron chi connectivity index (χ0n) is 12.9. The molecule has 1 saturated heterocycles. The molecule has 1 heterocycles. The first-order valence-electron chi connectivity index (χ1n) is 7.29. The van der Waals surface area contributed by atoms with Crippen LogP contribution in [0, 0.1) is 5.82 Å². The smallest absolute Gasteiger partial charge is 0.242 e. The van der Waals surface area contributed by atoms with E-state index in [9.17, 15) is 14.0 Å². The molecule has 1 N–H and O–H groups in total. The molecule has 0 atom stereocenters. The van der Waals surface area contributed by atoms with Crippen LogP contribution in [0.1, 0.15) is 19.4 Å². The number of morpholine rings is 1. The van der Waals surface area contributed by atoms with Crippen molar-refractivity contribution in [1.29, 1.82) is 0 Å². The topological polar surface area (TPSA) is 58.6 Å². The van der Waals surface area contributed by atoms with E-state index in [0.29, 0.717) is 25.3 Å². The molecule has 22 heavy (non-hydrogen) atoms. The van der Waals surface area contributed by atoms with E-state index in [2.05, 4.69) is 5.32 Å². The van der Waals surface area contributed by atoms with Crippen LogP contribution in [0.15, 0.2) is 24.3 Å². The van der Waals surface area contributed by atoms with Crippen molar-refractivity contribution in [2.75, 3.05) is 26.2 Å². The van der Waals surface area contributed by atoms with Gasteiger partial charge in [-0.3, -0.25) is 9.59 Å². The molecule has 0 aliphatic carbocycles. The molecule has 0 aromatic heterocycles. The highest BCUT2D eigenvalue weighted by Gasteiger charge is 2.29. The molecule has 1 aromatic carbocycles. The van der Waals surface area contributed by atoms with Gasteiger partial charge in [0.25, 0.3) is 0 Å². The number of nitrogens with zero attached hydrogens (tertiary/aromatic N) is 1. The van der Waals surface area contributed by atoms with E-state index in [0.717, 1.165) is 0 Å². The summed E-state index contributed by atoms with van der Waals surface area (Å²) in [4.78, 5) is 25.6. The average Bonchev–Trinajstić information content (AvgIpc) is 2.43. The summed E-state index contributed by atoms with van der Waals surface area (Å²) in [6.45, 7) is 5.33. The summed E-state index contributed by atoms with van der Waals surface area (Å²) in [6, 6.07) is 5.87. The first-order valence-corrected chi connectivity index (χ1v) is 7.29. The Morgan fingerprint density at radius 2 is 2.18 bits per heavy atom. The van der Waals surface area contributed by atoms with Crippen molar-refractivity contribution in [2.24, 2.45) is 0 Å². The number of amides is 2. The first-order chi connectivity index (χ1) is 10.4. The number of hydrogen-bond acceptors (Lipinski definition) is 3. The monoisotopic (exact) mass is 308 g/mol. The summed E-state index contributed by atoms with van der Waals surface area (Å²) in [5.74, 6) is -0.813. The Balaban J connectivity index is 1.79. The van der Waals surface area contributed by atoms with E-state index in [4.69, 9.17) is 4.74 Å². The lowest BCUT2D eigenvalue weighted by atomic mass is 10.1. The van der Waals surface area contributed by atoms with Gasteiger partial charge in [-0.05, 0) is 31.5 Å². The number of carbonyl (C=O) groups is 2. The molecular weight excluding hydrogens is 287 g/mol. The van der Waals surface area contributed by atoms with Gasteiger partial charge in [0, 0.05) is 13.1 Å². The fourth-order valence-electron chi connectivity index (χ4n) is 2.41. The van der Waals surface area contributed by atoms with Crippen LogP contribution in [0.4, 0.5) is 4.39 Å². The summed E-state index contributed by atoms with van der Waals surface area (Å²) in [6.07, 6.45) is 0.0552. The highest BCUT2D eigenvalue weighted by molar-refractivity contribution is 5.85. The zero-order chi connectivity index (χ0) is 16.2. The van der Waals surface area contributed by atoms with Crippen molar-refractivity contribution in [1.82, 2.24) is 10.2 Å². The molecule has 0 spiro atoms. The Hall–Kier alpha value is -1.95. The predicted octanol–water partition coefficient (Wildman–Crippen LogP) is 1.12. The molecule has 0 unspecified atom stereocenters. The number of halogens is 1. The third-order valence-electron chi connectivity index (χ3n) is 3.47. The van der Waals surface area contributed by atoms with Gasteiger partial charge in [0.15, 0.2) is 0 Å². The van der Waals surface area contributed by atoms with Crippen LogP contribution in [0.2, 0.25) is 0 Å². The molecule has 6 heteroatoms. The Kier molecular flexibility index (Phi) is 5.13. The van der Waals surface area contributed by atoms with Crippen LogP contribution in [0.25, 0.3) is 0 Å². The fourth-order valence-corrected chi connectivity index (χ4v) is 2.41. The number of ether oxygens (including phenoxy) is 1. The molecular formula is C16H21FN2O3. The average molecular weight is 308 g/mol. The summed E-state index contributed by atoms with van der Waals surface area (Å²) in [5.41, 5.74) is 0.219. The lowest BCUT2D eigenvalue weighted by molar-refractivity contribution is -0.145. The third-order valence-corrected chi connectivity index (χ3v) is 3.47. The van der Waals surface area contributed by atoms with Gasteiger partial charge < -0.3 is 15.0 Å². The molecule has 2 amide bonds. The lowest BCUT2D eigenvalue weighted by Gasteiger charge is -2.38. The van der Waals surface area contributed by atoms with E-state index in [1.165, 1.54) is 12.1 Å². The van der Waals surface area contributed by atoms with Crippen molar-refractivity contribution in [3.05, 3.63) is 35.6 Å². The molecule has 1 aliphatic rings. The van der Waals surface area contributed by atoms with E-state index < -0.39 is 0 Å². The minimum Gasteiger partial charge on any atom is -0.372 e. The normalized spacial score (nSPS) is 17.1. The minimum absolute atomic E-state index is 0.0514. The van der Waals surface area contributed by atoms with Crippen LogP contribution in [0.3, 0.4) is 0 Å². The maximum Gasteiger partial charge on any atom is 0.242 e. The molecule has 1 fully saturated rings. The van der Waals surface area contributed by atoms with Crippen LogP contribution >= 0.6 is 0 Å². The predicted molar refractivity (Wildman–Crippen MR) is 79.7 cm³/mol. The third kappa shape index (κ3) is 4.80. The van der Waals surface area contributed by atoms with Gasteiger partial charge in [-0.1, -0.05) is 12.1 Å². The molecule has 0 bridgehead atoms. The molecule has 120 valence electrons. The maximum absolute atomic E-state index is 13.0. The van der Waals surface area contributed by atoms with Crippen molar-refractivity contribution in [3.8, 4) is 0 Å². The largest absolute Gasteiger partial charge is 0.372 e.